The lowest BCUT2D eigenvalue weighted by Crippen LogP contribution is -2.21. The van der Waals surface area contributed by atoms with Gasteiger partial charge in [-0.3, -0.25) is 4.68 Å². The number of benzene rings is 1. The second-order valence-corrected chi connectivity index (χ2v) is 6.00. The Hall–Kier alpha value is -1.26. The quantitative estimate of drug-likeness (QED) is 0.821. The monoisotopic (exact) mass is 275 g/mol. The maximum atomic E-state index is 4.39. The minimum Gasteiger partial charge on any atom is -0.310 e. The average molecular weight is 275 g/mol. The van der Waals surface area contributed by atoms with Gasteiger partial charge in [0.1, 0.15) is 0 Å². The lowest BCUT2D eigenvalue weighted by Gasteiger charge is -2.09. The molecule has 0 saturated carbocycles. The normalized spacial score (nSPS) is 11.2. The van der Waals surface area contributed by atoms with E-state index in [1.165, 1.54) is 10.5 Å². The molecule has 1 aromatic carbocycles. The number of nitrogens with zero attached hydrogens (tertiary/aromatic N) is 2. The van der Waals surface area contributed by atoms with E-state index in [4.69, 9.17) is 0 Å². The van der Waals surface area contributed by atoms with Gasteiger partial charge in [-0.1, -0.05) is 26.0 Å². The Morgan fingerprint density at radius 2 is 2.16 bits per heavy atom. The van der Waals surface area contributed by atoms with Crippen molar-refractivity contribution in [2.24, 2.45) is 7.05 Å². The molecule has 0 saturated heterocycles. The van der Waals surface area contributed by atoms with E-state index in [0.717, 1.165) is 18.0 Å². The summed E-state index contributed by atoms with van der Waals surface area (Å²) in [5, 5.41) is 7.83. The Morgan fingerprint density at radius 1 is 1.32 bits per heavy atom. The van der Waals surface area contributed by atoms with E-state index >= 15 is 0 Å². The van der Waals surface area contributed by atoms with Crippen LogP contribution >= 0.6 is 11.8 Å². The van der Waals surface area contributed by atoms with E-state index in [0.29, 0.717) is 6.04 Å². The van der Waals surface area contributed by atoms with Gasteiger partial charge in [-0.2, -0.15) is 5.10 Å². The van der Waals surface area contributed by atoms with Gasteiger partial charge in [0.05, 0.1) is 5.69 Å². The standard InChI is InChI=1S/C15H21N3S/c1-12(2)16-10-13-5-4-6-15(9-13)19-11-14-7-8-18(3)17-14/h4-9,12,16H,10-11H2,1-3H3. The van der Waals surface area contributed by atoms with E-state index in [1.807, 2.05) is 29.7 Å². The molecule has 0 spiro atoms. The van der Waals surface area contributed by atoms with Crippen molar-refractivity contribution < 1.29 is 0 Å². The second kappa shape index (κ2) is 6.78. The van der Waals surface area contributed by atoms with Crippen molar-refractivity contribution in [3.05, 3.63) is 47.8 Å². The first-order valence-electron chi connectivity index (χ1n) is 6.57. The molecule has 2 aromatic rings. The summed E-state index contributed by atoms with van der Waals surface area (Å²) in [6, 6.07) is 11.3. The molecular weight excluding hydrogens is 254 g/mol. The number of aromatic nitrogens is 2. The molecule has 4 heteroatoms. The maximum absolute atomic E-state index is 4.39. The van der Waals surface area contributed by atoms with Gasteiger partial charge in [0, 0.05) is 36.5 Å². The highest BCUT2D eigenvalue weighted by molar-refractivity contribution is 7.98. The van der Waals surface area contributed by atoms with Gasteiger partial charge in [0.25, 0.3) is 0 Å². The highest BCUT2D eigenvalue weighted by atomic mass is 32.2. The van der Waals surface area contributed by atoms with Crippen LogP contribution < -0.4 is 5.32 Å². The molecule has 0 bridgehead atoms. The zero-order chi connectivity index (χ0) is 13.7. The lowest BCUT2D eigenvalue weighted by molar-refractivity contribution is 0.588. The van der Waals surface area contributed by atoms with Gasteiger partial charge in [-0.15, -0.1) is 11.8 Å². The molecule has 2 rings (SSSR count). The van der Waals surface area contributed by atoms with E-state index in [1.54, 1.807) is 0 Å². The SMILES string of the molecule is CC(C)NCc1cccc(SCc2ccn(C)n2)c1. The third-order valence-corrected chi connectivity index (χ3v) is 3.80. The third-order valence-electron chi connectivity index (χ3n) is 2.77. The zero-order valence-corrected chi connectivity index (χ0v) is 12.6. The summed E-state index contributed by atoms with van der Waals surface area (Å²) in [5.74, 6) is 0.919. The first-order valence-corrected chi connectivity index (χ1v) is 7.55. The van der Waals surface area contributed by atoms with Crippen molar-refractivity contribution in [3.8, 4) is 0 Å². The number of thioether (sulfide) groups is 1. The van der Waals surface area contributed by atoms with E-state index in [-0.39, 0.29) is 0 Å². The van der Waals surface area contributed by atoms with Crippen LogP contribution in [0.5, 0.6) is 0 Å². The number of aryl methyl sites for hydroxylation is 1. The molecule has 3 nitrogen and oxygen atoms in total. The van der Waals surface area contributed by atoms with Crippen LogP contribution in [0.3, 0.4) is 0 Å². The smallest absolute Gasteiger partial charge is 0.0727 e. The van der Waals surface area contributed by atoms with Crippen molar-refractivity contribution in [3.63, 3.8) is 0 Å². The maximum Gasteiger partial charge on any atom is 0.0727 e. The number of hydrogen-bond donors (Lipinski definition) is 1. The summed E-state index contributed by atoms with van der Waals surface area (Å²) in [6.07, 6.45) is 1.98. The Morgan fingerprint density at radius 3 is 2.84 bits per heavy atom. The van der Waals surface area contributed by atoms with Crippen molar-refractivity contribution >= 4 is 11.8 Å². The largest absolute Gasteiger partial charge is 0.310 e. The summed E-state index contributed by atoms with van der Waals surface area (Å²) in [6.45, 7) is 5.26. The van der Waals surface area contributed by atoms with Gasteiger partial charge in [-0.05, 0) is 23.8 Å². The predicted octanol–water partition coefficient (Wildman–Crippen LogP) is 3.21. The molecular formula is C15H21N3S. The molecule has 1 heterocycles. The molecule has 0 aliphatic heterocycles. The van der Waals surface area contributed by atoms with Crippen LogP contribution in [0.1, 0.15) is 25.1 Å². The zero-order valence-electron chi connectivity index (χ0n) is 11.8. The molecule has 102 valence electrons. The van der Waals surface area contributed by atoms with Crippen LogP contribution in [0.25, 0.3) is 0 Å². The lowest BCUT2D eigenvalue weighted by atomic mass is 10.2. The summed E-state index contributed by atoms with van der Waals surface area (Å²) < 4.78 is 1.85. The van der Waals surface area contributed by atoms with Crippen LogP contribution in [0.2, 0.25) is 0 Å². The third kappa shape index (κ3) is 4.73. The second-order valence-electron chi connectivity index (χ2n) is 4.95. The van der Waals surface area contributed by atoms with Crippen molar-refractivity contribution in [2.75, 3.05) is 0 Å². The van der Waals surface area contributed by atoms with E-state index in [9.17, 15) is 0 Å². The van der Waals surface area contributed by atoms with Gasteiger partial charge in [-0.25, -0.2) is 0 Å². The molecule has 0 atom stereocenters. The number of nitrogens with one attached hydrogen (secondary N) is 1. The van der Waals surface area contributed by atoms with Gasteiger partial charge in [0.15, 0.2) is 0 Å². The van der Waals surface area contributed by atoms with Crippen molar-refractivity contribution in [1.82, 2.24) is 15.1 Å². The van der Waals surface area contributed by atoms with E-state index < -0.39 is 0 Å². The van der Waals surface area contributed by atoms with Crippen molar-refractivity contribution in [1.29, 1.82) is 0 Å². The minimum atomic E-state index is 0.518. The van der Waals surface area contributed by atoms with E-state index in [2.05, 4.69) is 54.6 Å². The Balaban J connectivity index is 1.91. The summed E-state index contributed by atoms with van der Waals surface area (Å²) >= 11 is 1.83. The molecule has 0 amide bonds. The number of hydrogen-bond acceptors (Lipinski definition) is 3. The Bertz CT molecular complexity index is 520. The molecule has 0 fully saturated rings. The fourth-order valence-corrected chi connectivity index (χ4v) is 2.64. The Kier molecular flexibility index (Phi) is 5.05. The molecule has 0 aliphatic carbocycles. The number of rotatable bonds is 6. The van der Waals surface area contributed by atoms with Crippen LogP contribution in [-0.2, 0) is 19.3 Å². The summed E-state index contributed by atoms with van der Waals surface area (Å²) in [7, 11) is 1.95. The summed E-state index contributed by atoms with van der Waals surface area (Å²) in [4.78, 5) is 1.30. The van der Waals surface area contributed by atoms with Crippen LogP contribution in [0.15, 0.2) is 41.4 Å². The average Bonchev–Trinajstić information content (AvgIpc) is 2.80. The minimum absolute atomic E-state index is 0.518. The van der Waals surface area contributed by atoms with Crippen LogP contribution in [-0.4, -0.2) is 15.8 Å². The molecule has 19 heavy (non-hydrogen) atoms. The topological polar surface area (TPSA) is 29.9 Å². The van der Waals surface area contributed by atoms with Gasteiger partial charge < -0.3 is 5.32 Å². The van der Waals surface area contributed by atoms with Gasteiger partial charge in [0.2, 0.25) is 0 Å². The molecule has 1 N–H and O–H groups in total. The summed E-state index contributed by atoms with van der Waals surface area (Å²) in [5.41, 5.74) is 2.46. The fourth-order valence-electron chi connectivity index (χ4n) is 1.76. The predicted molar refractivity (Wildman–Crippen MR) is 81.2 cm³/mol. The van der Waals surface area contributed by atoms with Crippen molar-refractivity contribution in [2.45, 2.75) is 37.1 Å². The highest BCUT2D eigenvalue weighted by Crippen LogP contribution is 2.22. The highest BCUT2D eigenvalue weighted by Gasteiger charge is 2.01. The van der Waals surface area contributed by atoms with Gasteiger partial charge >= 0.3 is 0 Å². The molecule has 0 radical (unpaired) electrons. The first-order chi connectivity index (χ1) is 9.13. The fraction of sp³-hybridized carbons (Fsp3) is 0.400. The molecule has 0 aliphatic rings. The van der Waals surface area contributed by atoms with Crippen LogP contribution in [0, 0.1) is 0 Å². The Labute approximate surface area is 119 Å². The van der Waals surface area contributed by atoms with Crippen LogP contribution in [0.4, 0.5) is 0 Å². The molecule has 0 unspecified atom stereocenters. The first kappa shape index (κ1) is 14.2. The molecule has 1 aromatic heterocycles.